The Morgan fingerprint density at radius 1 is 0.288 bits per heavy atom. The molecular formula is C56H91NOS. The fourth-order valence-electron chi connectivity index (χ4n) is 20.4. The molecule has 10 aliphatic carbocycles. The molecule has 12 aliphatic rings. The van der Waals surface area contributed by atoms with Gasteiger partial charge in [-0.15, -0.1) is 0 Å². The largest absolute Gasteiger partial charge is 0.374 e. The van der Waals surface area contributed by atoms with E-state index in [0.717, 1.165) is 111 Å². The minimum atomic E-state index is 0.629. The smallest absolute Gasteiger partial charge is 0.0621 e. The quantitative estimate of drug-likeness (QED) is 0.265. The number of thioether (sulfide) groups is 1. The lowest BCUT2D eigenvalue weighted by atomic mass is 9.59. The number of rotatable bonds is 6. The van der Waals surface area contributed by atoms with Crippen molar-refractivity contribution < 1.29 is 4.74 Å². The van der Waals surface area contributed by atoms with Gasteiger partial charge in [0.25, 0.3) is 0 Å². The van der Waals surface area contributed by atoms with Crippen molar-refractivity contribution in [2.24, 2.45) is 82.9 Å². The third-order valence-electron chi connectivity index (χ3n) is 22.9. The molecule has 0 aromatic rings. The fraction of sp³-hybridized carbons (Fsp3) is 1.00. The van der Waals surface area contributed by atoms with E-state index in [2.05, 4.69) is 16.7 Å². The Morgan fingerprint density at radius 2 is 0.797 bits per heavy atom. The summed E-state index contributed by atoms with van der Waals surface area (Å²) >= 11 is 2.61. The molecule has 12 rings (SSSR count). The molecule has 2 heterocycles. The predicted molar refractivity (Wildman–Crippen MR) is 247 cm³/mol. The molecule has 0 radical (unpaired) electrons. The first-order chi connectivity index (χ1) is 29.2. The van der Waals surface area contributed by atoms with Crippen molar-refractivity contribution in [3.05, 3.63) is 0 Å². The van der Waals surface area contributed by atoms with Gasteiger partial charge in [-0.2, -0.15) is 11.8 Å². The van der Waals surface area contributed by atoms with Gasteiger partial charge >= 0.3 is 0 Å². The number of hydrogen-bond donors (Lipinski definition) is 0. The number of ether oxygens (including phenoxy) is 1. The Hall–Kier alpha value is 0.270. The van der Waals surface area contributed by atoms with E-state index in [1.165, 1.54) is 57.8 Å². The topological polar surface area (TPSA) is 12.5 Å². The van der Waals surface area contributed by atoms with E-state index in [-0.39, 0.29) is 0 Å². The molecule has 3 heteroatoms. The predicted octanol–water partition coefficient (Wildman–Crippen LogP) is 15.1. The van der Waals surface area contributed by atoms with E-state index in [9.17, 15) is 0 Å². The van der Waals surface area contributed by atoms with E-state index in [4.69, 9.17) is 4.74 Å². The maximum atomic E-state index is 6.90. The van der Waals surface area contributed by atoms with Gasteiger partial charge in [-0.1, -0.05) is 83.5 Å². The van der Waals surface area contributed by atoms with Gasteiger partial charge in [0, 0.05) is 34.5 Å². The van der Waals surface area contributed by atoms with E-state index in [1.807, 2.05) is 0 Å². The van der Waals surface area contributed by atoms with Crippen LogP contribution in [0.4, 0.5) is 0 Å². The summed E-state index contributed by atoms with van der Waals surface area (Å²) in [7, 11) is 0. The summed E-state index contributed by atoms with van der Waals surface area (Å²) in [6.07, 6.45) is 55.5. The van der Waals surface area contributed by atoms with Gasteiger partial charge in [0.2, 0.25) is 0 Å². The first-order valence-corrected chi connectivity index (χ1v) is 29.3. The number of hydrogen-bond acceptors (Lipinski definition) is 3. The molecule has 16 unspecified atom stereocenters. The van der Waals surface area contributed by atoms with Gasteiger partial charge in [0.05, 0.1) is 12.2 Å². The molecule has 59 heavy (non-hydrogen) atoms. The van der Waals surface area contributed by atoms with Gasteiger partial charge in [-0.25, -0.2) is 0 Å². The maximum Gasteiger partial charge on any atom is 0.0621 e. The first-order valence-electron chi connectivity index (χ1n) is 28.3. The van der Waals surface area contributed by atoms with Crippen LogP contribution in [0.3, 0.4) is 0 Å². The van der Waals surface area contributed by atoms with Gasteiger partial charge < -0.3 is 4.74 Å². The SMILES string of the molecule is C1CCC(C2CCC(N(C3CCC(C4CCCC5CCCCC54)CC3)C3CCC4CC(C5CCCC6C7CCC8OC9CCCCC9C8C7SC56)CCC4C3)CC2)CC1. The third kappa shape index (κ3) is 7.85. The van der Waals surface area contributed by atoms with E-state index < -0.39 is 0 Å². The van der Waals surface area contributed by atoms with Crippen LogP contribution in [0.5, 0.6) is 0 Å². The summed E-state index contributed by atoms with van der Waals surface area (Å²) in [5, 5.41) is 1.96. The maximum absolute atomic E-state index is 6.90. The summed E-state index contributed by atoms with van der Waals surface area (Å²) in [4.78, 5) is 3.40. The van der Waals surface area contributed by atoms with Crippen LogP contribution < -0.4 is 0 Å². The molecule has 2 nitrogen and oxygen atoms in total. The van der Waals surface area contributed by atoms with Gasteiger partial charge in [0.1, 0.15) is 0 Å². The second-order valence-corrected chi connectivity index (χ2v) is 26.5. The molecule has 0 aromatic carbocycles. The summed E-state index contributed by atoms with van der Waals surface area (Å²) in [6, 6.07) is 2.75. The lowest BCUT2D eigenvalue weighted by Gasteiger charge is -2.54. The van der Waals surface area contributed by atoms with Crippen LogP contribution in [0.25, 0.3) is 0 Å². The summed E-state index contributed by atoms with van der Waals surface area (Å²) in [6.45, 7) is 0. The Bertz CT molecular complexity index is 1380. The van der Waals surface area contributed by atoms with Crippen molar-refractivity contribution in [2.75, 3.05) is 0 Å². The zero-order chi connectivity index (χ0) is 38.9. The monoisotopic (exact) mass is 826 g/mol. The molecule has 332 valence electrons. The molecule has 0 spiro atoms. The lowest BCUT2D eigenvalue weighted by Crippen LogP contribution is -2.54. The van der Waals surface area contributed by atoms with Crippen molar-refractivity contribution in [2.45, 2.75) is 266 Å². The van der Waals surface area contributed by atoms with Gasteiger partial charge in [0.15, 0.2) is 0 Å². The van der Waals surface area contributed by atoms with E-state index in [1.54, 1.807) is 167 Å². The Labute approximate surface area is 368 Å². The van der Waals surface area contributed by atoms with Crippen LogP contribution in [-0.2, 0) is 4.74 Å². The molecular weight excluding hydrogens is 735 g/mol. The first kappa shape index (κ1) is 40.8. The third-order valence-corrected chi connectivity index (χ3v) is 24.9. The molecule has 12 fully saturated rings. The standard InChI is InChI=1S/C56H91NOS/c1-2-10-36(11-3-1)37-22-27-43(28-23-37)57(44-29-24-39(25-30-44)47-16-8-13-38-12-4-5-14-46(38)47)45-31-26-40-34-42(21-20-41(40)35-45)48-17-9-18-49-50-32-33-53-54(56(50)59-55(48)49)51-15-6-7-19-52(51)58-53/h36-56H,1-35H2. The number of fused-ring (bicyclic) bond motifs is 9. The van der Waals surface area contributed by atoms with E-state index in [0.29, 0.717) is 12.2 Å². The Morgan fingerprint density at radius 3 is 1.63 bits per heavy atom. The summed E-state index contributed by atoms with van der Waals surface area (Å²) in [5.41, 5.74) is 0. The average molecular weight is 826 g/mol. The van der Waals surface area contributed by atoms with Crippen LogP contribution in [0, 0.1) is 82.9 Å². The van der Waals surface area contributed by atoms with Crippen molar-refractivity contribution in [1.82, 2.24) is 4.90 Å². The van der Waals surface area contributed by atoms with E-state index >= 15 is 0 Å². The summed E-state index contributed by atoms with van der Waals surface area (Å²) in [5.74, 6) is 14.7. The lowest BCUT2D eigenvalue weighted by molar-refractivity contribution is -0.0355. The fourth-order valence-corrected chi connectivity index (χ4v) is 23.0. The molecule has 0 aromatic heterocycles. The van der Waals surface area contributed by atoms with Crippen molar-refractivity contribution in [1.29, 1.82) is 0 Å². The molecule has 0 N–H and O–H groups in total. The van der Waals surface area contributed by atoms with Crippen LogP contribution in [0.2, 0.25) is 0 Å². The highest BCUT2D eigenvalue weighted by Gasteiger charge is 2.60. The average Bonchev–Trinajstić information content (AvgIpc) is 3.88. The Balaban J connectivity index is 0.707. The minimum absolute atomic E-state index is 0.629. The Kier molecular flexibility index (Phi) is 12.4. The minimum Gasteiger partial charge on any atom is -0.374 e. The molecule has 2 aliphatic heterocycles. The highest BCUT2D eigenvalue weighted by Crippen LogP contribution is 2.64. The zero-order valence-electron chi connectivity index (χ0n) is 38.1. The van der Waals surface area contributed by atoms with Crippen LogP contribution in [-0.4, -0.2) is 45.7 Å². The molecule has 0 amide bonds. The highest BCUT2D eigenvalue weighted by atomic mass is 32.2. The molecule has 0 bridgehead atoms. The van der Waals surface area contributed by atoms with Gasteiger partial charge in [-0.05, 0) is 218 Å². The second kappa shape index (κ2) is 17.9. The summed E-state index contributed by atoms with van der Waals surface area (Å²) < 4.78 is 6.90. The van der Waals surface area contributed by atoms with Crippen molar-refractivity contribution in [3.63, 3.8) is 0 Å². The highest BCUT2D eigenvalue weighted by molar-refractivity contribution is 8.00. The zero-order valence-corrected chi connectivity index (χ0v) is 39.0. The van der Waals surface area contributed by atoms with Crippen LogP contribution >= 0.6 is 11.8 Å². The van der Waals surface area contributed by atoms with Crippen LogP contribution in [0.15, 0.2) is 0 Å². The normalized spacial score (nSPS) is 53.0. The second-order valence-electron chi connectivity index (χ2n) is 25.1. The molecule has 10 saturated carbocycles. The van der Waals surface area contributed by atoms with Gasteiger partial charge in [-0.3, -0.25) is 4.90 Å². The molecule has 2 saturated heterocycles. The van der Waals surface area contributed by atoms with Crippen LogP contribution in [0.1, 0.15) is 225 Å². The van der Waals surface area contributed by atoms with Crippen molar-refractivity contribution in [3.8, 4) is 0 Å². The number of nitrogens with zero attached hydrogens (tertiary/aromatic N) is 1. The molecule has 16 atom stereocenters. The van der Waals surface area contributed by atoms with Crippen molar-refractivity contribution >= 4 is 11.8 Å².